The van der Waals surface area contributed by atoms with Gasteiger partial charge in [0.05, 0.1) is 23.2 Å². The Labute approximate surface area is 122 Å². The topological polar surface area (TPSA) is 102 Å². The molecule has 7 nitrogen and oxygen atoms in total. The Hall–Kier alpha value is -2.44. The number of carbonyl (C=O) groups excluding carboxylic acids is 1. The summed E-state index contributed by atoms with van der Waals surface area (Å²) in [6.45, 7) is 3.43. The van der Waals surface area contributed by atoms with Crippen LogP contribution in [-0.2, 0) is 16.0 Å². The van der Waals surface area contributed by atoms with Crippen molar-refractivity contribution in [1.29, 1.82) is 0 Å². The van der Waals surface area contributed by atoms with Crippen LogP contribution in [0, 0.1) is 16.0 Å². The van der Waals surface area contributed by atoms with Gasteiger partial charge in [0.15, 0.2) is 0 Å². The maximum Gasteiger partial charge on any atom is 0.314 e. The third-order valence-electron chi connectivity index (χ3n) is 2.81. The molecule has 0 aliphatic carbocycles. The number of esters is 1. The second-order valence-electron chi connectivity index (χ2n) is 4.78. The van der Waals surface area contributed by atoms with Gasteiger partial charge in [-0.2, -0.15) is 0 Å². The second-order valence-corrected chi connectivity index (χ2v) is 4.78. The van der Waals surface area contributed by atoms with E-state index in [1.807, 2.05) is 0 Å². The number of aryl methyl sites for hydroxylation is 1. The smallest absolute Gasteiger partial charge is 0.314 e. The molecule has 1 rings (SSSR count). The molecule has 0 saturated heterocycles. The van der Waals surface area contributed by atoms with E-state index >= 15 is 0 Å². The zero-order chi connectivity index (χ0) is 15.8. The normalized spacial score (nSPS) is 12.5. The van der Waals surface area contributed by atoms with Crippen LogP contribution in [0.25, 0.3) is 0 Å². The van der Waals surface area contributed by atoms with Crippen LogP contribution in [0.3, 0.4) is 0 Å². The number of oxime groups is 1. The highest BCUT2D eigenvalue weighted by atomic mass is 16.6. The summed E-state index contributed by atoms with van der Waals surface area (Å²) < 4.78 is 5.06. The van der Waals surface area contributed by atoms with E-state index < -0.39 is 16.8 Å². The largest absolute Gasteiger partial charge is 0.462 e. The lowest BCUT2D eigenvalue weighted by Crippen LogP contribution is -2.23. The molecule has 0 aliphatic heterocycles. The predicted octanol–water partition coefficient (Wildman–Crippen LogP) is 2.56. The molecule has 21 heavy (non-hydrogen) atoms. The highest BCUT2D eigenvalue weighted by Gasteiger charge is 2.21. The Balaban J connectivity index is 2.78. The average Bonchev–Trinajstić information content (AvgIpc) is 2.42. The van der Waals surface area contributed by atoms with Gasteiger partial charge in [0, 0.05) is 11.6 Å². The molecule has 0 fully saturated rings. The molecular formula is C14H18N2O5. The van der Waals surface area contributed by atoms with E-state index in [1.54, 1.807) is 32.0 Å². The summed E-state index contributed by atoms with van der Waals surface area (Å²) in [5, 5.41) is 22.4. The summed E-state index contributed by atoms with van der Waals surface area (Å²) >= 11 is 0. The molecule has 0 saturated carbocycles. The highest BCUT2D eigenvalue weighted by Crippen LogP contribution is 2.21. The number of nitrogens with zero attached hydrogens (tertiary/aromatic N) is 2. The van der Waals surface area contributed by atoms with Crippen molar-refractivity contribution < 1.29 is 19.7 Å². The van der Waals surface area contributed by atoms with Gasteiger partial charge in [-0.05, 0) is 26.7 Å². The van der Waals surface area contributed by atoms with Crippen molar-refractivity contribution in [3.8, 4) is 0 Å². The van der Waals surface area contributed by atoms with Gasteiger partial charge in [0.25, 0.3) is 5.69 Å². The van der Waals surface area contributed by atoms with Crippen molar-refractivity contribution in [2.75, 3.05) is 0 Å². The number of benzene rings is 1. The molecule has 1 aromatic carbocycles. The monoisotopic (exact) mass is 294 g/mol. The average molecular weight is 294 g/mol. The summed E-state index contributed by atoms with van der Waals surface area (Å²) in [5.41, 5.74) is 0.533. The first kappa shape index (κ1) is 16.6. The van der Waals surface area contributed by atoms with Crippen molar-refractivity contribution in [1.82, 2.24) is 0 Å². The summed E-state index contributed by atoms with van der Waals surface area (Å²) in [7, 11) is 0. The third-order valence-corrected chi connectivity index (χ3v) is 2.81. The number of ether oxygens (including phenoxy) is 1. The maximum atomic E-state index is 11.8. The highest BCUT2D eigenvalue weighted by molar-refractivity contribution is 5.89. The molecule has 0 aliphatic rings. The van der Waals surface area contributed by atoms with Crippen LogP contribution in [0.2, 0.25) is 0 Å². The minimum atomic E-state index is -0.739. The summed E-state index contributed by atoms with van der Waals surface area (Å²) in [5.74, 6) is -1.25. The van der Waals surface area contributed by atoms with Crippen LogP contribution >= 0.6 is 0 Å². The molecule has 0 heterocycles. The molecular weight excluding hydrogens is 276 g/mol. The molecule has 0 aromatic heterocycles. The molecule has 114 valence electrons. The van der Waals surface area contributed by atoms with E-state index in [0.29, 0.717) is 12.0 Å². The molecule has 1 unspecified atom stereocenters. The first-order chi connectivity index (χ1) is 9.95. The third kappa shape index (κ3) is 5.21. The summed E-state index contributed by atoms with van der Waals surface area (Å²) in [6.07, 6.45) is 1.37. The summed E-state index contributed by atoms with van der Waals surface area (Å²) in [4.78, 5) is 22.3. The van der Waals surface area contributed by atoms with Crippen LogP contribution in [0.4, 0.5) is 5.69 Å². The van der Waals surface area contributed by atoms with Crippen LogP contribution in [0.1, 0.15) is 25.8 Å². The van der Waals surface area contributed by atoms with Crippen LogP contribution in [-0.4, -0.2) is 28.4 Å². The van der Waals surface area contributed by atoms with E-state index in [4.69, 9.17) is 9.94 Å². The van der Waals surface area contributed by atoms with Gasteiger partial charge in [-0.1, -0.05) is 18.2 Å². The molecule has 0 spiro atoms. The fourth-order valence-electron chi connectivity index (χ4n) is 1.86. The lowest BCUT2D eigenvalue weighted by atomic mass is 9.99. The van der Waals surface area contributed by atoms with Gasteiger partial charge < -0.3 is 9.94 Å². The van der Waals surface area contributed by atoms with E-state index in [1.165, 1.54) is 6.07 Å². The Morgan fingerprint density at radius 1 is 1.48 bits per heavy atom. The van der Waals surface area contributed by atoms with E-state index in [0.717, 1.165) is 6.21 Å². The number of nitro benzene ring substituents is 1. The van der Waals surface area contributed by atoms with Gasteiger partial charge >= 0.3 is 5.97 Å². The Bertz CT molecular complexity index is 528. The molecule has 0 bridgehead atoms. The SMILES string of the molecule is CC(C)OC(=O)C(/C=N\O)CCc1ccccc1[N+](=O)[O-]. The van der Waals surface area contributed by atoms with Gasteiger partial charge in [-0.3, -0.25) is 14.9 Å². The Kier molecular flexibility index (Phi) is 6.32. The fourth-order valence-corrected chi connectivity index (χ4v) is 1.86. The number of para-hydroxylation sites is 1. The number of hydrogen-bond acceptors (Lipinski definition) is 6. The zero-order valence-corrected chi connectivity index (χ0v) is 11.9. The number of hydrogen-bond donors (Lipinski definition) is 1. The zero-order valence-electron chi connectivity index (χ0n) is 11.9. The summed E-state index contributed by atoms with van der Waals surface area (Å²) in [6, 6.07) is 6.33. The predicted molar refractivity (Wildman–Crippen MR) is 76.4 cm³/mol. The Morgan fingerprint density at radius 3 is 2.71 bits per heavy atom. The lowest BCUT2D eigenvalue weighted by Gasteiger charge is -2.13. The lowest BCUT2D eigenvalue weighted by molar-refractivity contribution is -0.385. The molecule has 0 amide bonds. The van der Waals surface area contributed by atoms with Gasteiger partial charge in [0.1, 0.15) is 0 Å². The molecule has 7 heteroatoms. The van der Waals surface area contributed by atoms with Crippen LogP contribution < -0.4 is 0 Å². The maximum absolute atomic E-state index is 11.8. The fraction of sp³-hybridized carbons (Fsp3) is 0.429. The van der Waals surface area contributed by atoms with Crippen molar-refractivity contribution in [2.45, 2.75) is 32.8 Å². The first-order valence-corrected chi connectivity index (χ1v) is 6.56. The standard InChI is InChI=1S/C14H18N2O5/c1-10(2)21-14(17)12(9-15-18)8-7-11-5-3-4-6-13(11)16(19)20/h3-6,9-10,12,18H,7-8H2,1-2H3/b15-9-. The molecule has 1 atom stereocenters. The second kappa shape index (κ2) is 7.98. The van der Waals surface area contributed by atoms with Crippen molar-refractivity contribution >= 4 is 17.9 Å². The van der Waals surface area contributed by atoms with E-state index in [-0.39, 0.29) is 18.2 Å². The number of nitro groups is 1. The van der Waals surface area contributed by atoms with Gasteiger partial charge in [0.2, 0.25) is 0 Å². The quantitative estimate of drug-likeness (QED) is 0.274. The molecule has 1 aromatic rings. The van der Waals surface area contributed by atoms with Gasteiger partial charge in [-0.25, -0.2) is 0 Å². The minimum Gasteiger partial charge on any atom is -0.462 e. The van der Waals surface area contributed by atoms with Crippen molar-refractivity contribution in [3.05, 3.63) is 39.9 Å². The number of carbonyl (C=O) groups is 1. The van der Waals surface area contributed by atoms with E-state index in [9.17, 15) is 14.9 Å². The Morgan fingerprint density at radius 2 is 2.14 bits per heavy atom. The van der Waals surface area contributed by atoms with Crippen LogP contribution in [0.15, 0.2) is 29.4 Å². The van der Waals surface area contributed by atoms with Gasteiger partial charge in [-0.15, -0.1) is 5.16 Å². The molecule has 1 N–H and O–H groups in total. The minimum absolute atomic E-state index is 0.00872. The molecule has 0 radical (unpaired) electrons. The number of rotatable bonds is 7. The van der Waals surface area contributed by atoms with E-state index in [2.05, 4.69) is 5.16 Å². The van der Waals surface area contributed by atoms with Crippen molar-refractivity contribution in [2.24, 2.45) is 11.1 Å². The first-order valence-electron chi connectivity index (χ1n) is 6.56. The van der Waals surface area contributed by atoms with Crippen LogP contribution in [0.5, 0.6) is 0 Å². The van der Waals surface area contributed by atoms with Crippen molar-refractivity contribution in [3.63, 3.8) is 0 Å².